The predicted molar refractivity (Wildman–Crippen MR) is 60.5 cm³/mol. The first-order valence-electron chi connectivity index (χ1n) is 5.73. The Labute approximate surface area is 88.4 Å². The average molecular weight is 199 g/mol. The maximum absolute atomic E-state index is 5.73. The molecule has 0 aromatic carbocycles. The Morgan fingerprint density at radius 1 is 1.14 bits per heavy atom. The quantitative estimate of drug-likeness (QED) is 0.751. The fourth-order valence-corrected chi connectivity index (χ4v) is 2.29. The molecular formula is C12H25NO. The van der Waals surface area contributed by atoms with Crippen molar-refractivity contribution in [2.45, 2.75) is 51.6 Å². The van der Waals surface area contributed by atoms with Crippen LogP contribution in [0.1, 0.15) is 46.0 Å². The summed E-state index contributed by atoms with van der Waals surface area (Å²) >= 11 is 0. The summed E-state index contributed by atoms with van der Waals surface area (Å²) in [4.78, 5) is 0. The first-order valence-corrected chi connectivity index (χ1v) is 5.73. The molecule has 1 aliphatic carbocycles. The van der Waals surface area contributed by atoms with Gasteiger partial charge in [0.1, 0.15) is 0 Å². The third-order valence-corrected chi connectivity index (χ3v) is 3.78. The smallest absolute Gasteiger partial charge is 0.0691 e. The number of hydrogen-bond donors (Lipinski definition) is 1. The lowest BCUT2D eigenvalue weighted by atomic mass is 9.70. The van der Waals surface area contributed by atoms with Crippen molar-refractivity contribution < 1.29 is 4.74 Å². The molecule has 84 valence electrons. The van der Waals surface area contributed by atoms with Crippen LogP contribution in [0.4, 0.5) is 0 Å². The van der Waals surface area contributed by atoms with Crippen LogP contribution in [0.3, 0.4) is 0 Å². The zero-order chi connectivity index (χ0) is 10.7. The number of hydrogen-bond acceptors (Lipinski definition) is 2. The van der Waals surface area contributed by atoms with Crippen LogP contribution < -0.4 is 5.32 Å². The van der Waals surface area contributed by atoms with E-state index < -0.39 is 0 Å². The van der Waals surface area contributed by atoms with Gasteiger partial charge in [-0.05, 0) is 51.1 Å². The molecule has 0 atom stereocenters. The van der Waals surface area contributed by atoms with Crippen molar-refractivity contribution in [3.05, 3.63) is 0 Å². The van der Waals surface area contributed by atoms with Crippen molar-refractivity contribution in [2.75, 3.05) is 20.7 Å². The third-order valence-electron chi connectivity index (χ3n) is 3.78. The monoisotopic (exact) mass is 199 g/mol. The van der Waals surface area contributed by atoms with Gasteiger partial charge in [0.25, 0.3) is 0 Å². The van der Waals surface area contributed by atoms with Crippen molar-refractivity contribution in [2.24, 2.45) is 5.41 Å². The maximum atomic E-state index is 5.73. The first-order chi connectivity index (χ1) is 6.54. The molecule has 1 aliphatic rings. The summed E-state index contributed by atoms with van der Waals surface area (Å²) in [5.74, 6) is 0. The third kappa shape index (κ3) is 2.96. The van der Waals surface area contributed by atoms with Crippen LogP contribution in [-0.2, 0) is 4.74 Å². The van der Waals surface area contributed by atoms with Crippen LogP contribution >= 0.6 is 0 Å². The van der Waals surface area contributed by atoms with E-state index in [-0.39, 0.29) is 5.60 Å². The van der Waals surface area contributed by atoms with Gasteiger partial charge in [-0.3, -0.25) is 0 Å². The molecule has 0 unspecified atom stereocenters. The molecule has 1 saturated carbocycles. The zero-order valence-corrected chi connectivity index (χ0v) is 10.2. The molecule has 1 fully saturated rings. The van der Waals surface area contributed by atoms with E-state index in [2.05, 4.69) is 19.2 Å². The lowest BCUT2D eigenvalue weighted by Gasteiger charge is -2.42. The van der Waals surface area contributed by atoms with Crippen molar-refractivity contribution in [3.63, 3.8) is 0 Å². The van der Waals surface area contributed by atoms with Gasteiger partial charge in [0.2, 0.25) is 0 Å². The van der Waals surface area contributed by atoms with E-state index in [9.17, 15) is 0 Å². The van der Waals surface area contributed by atoms with Crippen molar-refractivity contribution in [1.82, 2.24) is 5.32 Å². The fourth-order valence-electron chi connectivity index (χ4n) is 2.29. The van der Waals surface area contributed by atoms with Gasteiger partial charge in [0.15, 0.2) is 0 Å². The summed E-state index contributed by atoms with van der Waals surface area (Å²) in [7, 11) is 3.88. The van der Waals surface area contributed by atoms with E-state index in [1.807, 2.05) is 14.2 Å². The van der Waals surface area contributed by atoms with Gasteiger partial charge in [-0.2, -0.15) is 0 Å². The normalized spacial score (nSPS) is 24.9. The van der Waals surface area contributed by atoms with Crippen LogP contribution in [-0.4, -0.2) is 26.3 Å². The Bertz CT molecular complexity index is 167. The molecule has 0 aromatic rings. The highest BCUT2D eigenvalue weighted by Crippen LogP contribution is 2.43. The van der Waals surface area contributed by atoms with Gasteiger partial charge >= 0.3 is 0 Å². The van der Waals surface area contributed by atoms with E-state index in [0.29, 0.717) is 5.41 Å². The minimum atomic E-state index is 0.165. The van der Waals surface area contributed by atoms with Gasteiger partial charge < -0.3 is 10.1 Å². The number of ether oxygens (including phenoxy) is 1. The van der Waals surface area contributed by atoms with Crippen molar-refractivity contribution >= 4 is 0 Å². The molecule has 14 heavy (non-hydrogen) atoms. The summed E-state index contributed by atoms with van der Waals surface area (Å²) in [6, 6.07) is 0. The fraction of sp³-hybridized carbons (Fsp3) is 1.00. The molecule has 0 radical (unpaired) electrons. The molecule has 0 heterocycles. The summed E-state index contributed by atoms with van der Waals surface area (Å²) in [5, 5.41) is 3.21. The second-order valence-electron chi connectivity index (χ2n) is 5.40. The molecule has 0 spiro atoms. The minimum Gasteiger partial charge on any atom is -0.378 e. The lowest BCUT2D eigenvalue weighted by Crippen LogP contribution is -2.40. The molecule has 1 N–H and O–H groups in total. The van der Waals surface area contributed by atoms with E-state index in [4.69, 9.17) is 4.74 Å². The summed E-state index contributed by atoms with van der Waals surface area (Å²) in [6.07, 6.45) is 6.18. The molecule has 0 aromatic heterocycles. The Hall–Kier alpha value is -0.0800. The summed E-state index contributed by atoms with van der Waals surface area (Å²) in [5.41, 5.74) is 0.695. The lowest BCUT2D eigenvalue weighted by molar-refractivity contribution is -0.0659. The largest absolute Gasteiger partial charge is 0.378 e. The van der Waals surface area contributed by atoms with Gasteiger partial charge in [-0.1, -0.05) is 13.8 Å². The van der Waals surface area contributed by atoms with Gasteiger partial charge in [-0.15, -0.1) is 0 Å². The number of nitrogens with one attached hydrogen (secondary N) is 1. The SMILES string of the molecule is CNCCC1(OC)CCC(C)(C)CC1. The summed E-state index contributed by atoms with van der Waals surface area (Å²) in [6.45, 7) is 5.80. The summed E-state index contributed by atoms with van der Waals surface area (Å²) < 4.78 is 5.73. The molecule has 2 heteroatoms. The Balaban J connectivity index is 2.48. The second kappa shape index (κ2) is 4.63. The zero-order valence-electron chi connectivity index (χ0n) is 10.2. The van der Waals surface area contributed by atoms with Crippen molar-refractivity contribution in [1.29, 1.82) is 0 Å². The standard InChI is InChI=1S/C12H25NO/c1-11(2)5-7-12(14-4,8-6-11)9-10-13-3/h13H,5-10H2,1-4H3. The van der Waals surface area contributed by atoms with Crippen LogP contribution in [0.15, 0.2) is 0 Å². The van der Waals surface area contributed by atoms with Crippen LogP contribution in [0.2, 0.25) is 0 Å². The average Bonchev–Trinajstić information content (AvgIpc) is 2.18. The van der Waals surface area contributed by atoms with Crippen molar-refractivity contribution in [3.8, 4) is 0 Å². The van der Waals surface area contributed by atoms with E-state index in [0.717, 1.165) is 13.0 Å². The molecule has 0 aliphatic heterocycles. The maximum Gasteiger partial charge on any atom is 0.0691 e. The van der Waals surface area contributed by atoms with Crippen LogP contribution in [0, 0.1) is 5.41 Å². The molecule has 0 bridgehead atoms. The highest BCUT2D eigenvalue weighted by atomic mass is 16.5. The highest BCUT2D eigenvalue weighted by molar-refractivity contribution is 4.90. The predicted octanol–water partition coefficient (Wildman–Crippen LogP) is 2.58. The van der Waals surface area contributed by atoms with Gasteiger partial charge in [0, 0.05) is 7.11 Å². The van der Waals surface area contributed by atoms with Gasteiger partial charge in [0.05, 0.1) is 5.60 Å². The Kier molecular flexibility index (Phi) is 3.96. The Morgan fingerprint density at radius 3 is 2.14 bits per heavy atom. The molecule has 1 rings (SSSR count). The minimum absolute atomic E-state index is 0.165. The Morgan fingerprint density at radius 2 is 1.71 bits per heavy atom. The molecule has 0 amide bonds. The van der Waals surface area contributed by atoms with Gasteiger partial charge in [-0.25, -0.2) is 0 Å². The van der Waals surface area contributed by atoms with E-state index in [1.54, 1.807) is 0 Å². The molecule has 2 nitrogen and oxygen atoms in total. The highest BCUT2D eigenvalue weighted by Gasteiger charge is 2.37. The number of methoxy groups -OCH3 is 1. The second-order valence-corrected chi connectivity index (χ2v) is 5.40. The topological polar surface area (TPSA) is 21.3 Å². The van der Waals surface area contributed by atoms with E-state index >= 15 is 0 Å². The number of rotatable bonds is 4. The first kappa shape index (κ1) is 12.0. The van der Waals surface area contributed by atoms with E-state index in [1.165, 1.54) is 25.7 Å². The van der Waals surface area contributed by atoms with Crippen LogP contribution in [0.5, 0.6) is 0 Å². The molecule has 0 saturated heterocycles. The van der Waals surface area contributed by atoms with Crippen LogP contribution in [0.25, 0.3) is 0 Å². The molecular weight excluding hydrogens is 174 g/mol.